The molecule has 2 aromatic carbocycles. The van der Waals surface area contributed by atoms with Gasteiger partial charge in [0.05, 0.1) is 5.51 Å². The smallest absolute Gasteiger partial charge is 0.416 e. The Morgan fingerprint density at radius 2 is 1.75 bits per heavy atom. The summed E-state index contributed by atoms with van der Waals surface area (Å²) in [7, 11) is 0. The molecule has 0 aliphatic heterocycles. The molecule has 0 spiro atoms. The van der Waals surface area contributed by atoms with Crippen molar-refractivity contribution in [2.45, 2.75) is 18.9 Å². The number of nitrogens with zero attached hydrogens (tertiary/aromatic N) is 2. The van der Waals surface area contributed by atoms with Gasteiger partial charge in [-0.2, -0.15) is 0 Å². The van der Waals surface area contributed by atoms with Crippen molar-refractivity contribution >= 4 is 29.2 Å². The van der Waals surface area contributed by atoms with Crippen LogP contribution in [0.3, 0.4) is 0 Å². The van der Waals surface area contributed by atoms with E-state index in [0.29, 0.717) is 0 Å². The van der Waals surface area contributed by atoms with Crippen molar-refractivity contribution in [1.29, 1.82) is 0 Å². The van der Waals surface area contributed by atoms with Crippen molar-refractivity contribution < 1.29 is 19.4 Å². The molecular weight excluding hydrogens is 376 g/mol. The number of carbonyl (C=O) groups excluding carboxylic acids is 1. The highest BCUT2D eigenvalue weighted by Crippen LogP contribution is 2.44. The molecule has 4 rings (SSSR count). The standard InChI is InChI=1S/C21H18N2O4S/c1-13(20(24)25)23(19-11-28-12-22-19)21(26)27-10-18-16-8-4-2-6-14(16)15-7-3-5-9-17(15)18/h2-9,11-13,18H,10H2,1H3,(H,24,25)/t13-/m0/s1. The summed E-state index contributed by atoms with van der Waals surface area (Å²) < 4.78 is 5.59. The Morgan fingerprint density at radius 3 is 2.29 bits per heavy atom. The number of hydrogen-bond donors (Lipinski definition) is 1. The maximum absolute atomic E-state index is 12.8. The number of fused-ring (bicyclic) bond motifs is 3. The zero-order valence-electron chi connectivity index (χ0n) is 15.1. The Bertz CT molecular complexity index is 973. The van der Waals surface area contributed by atoms with Crippen LogP contribution in [0.15, 0.2) is 59.4 Å². The number of aliphatic carboxylic acids is 1. The van der Waals surface area contributed by atoms with Crippen molar-refractivity contribution in [3.05, 3.63) is 70.5 Å². The van der Waals surface area contributed by atoms with Gasteiger partial charge in [-0.15, -0.1) is 11.3 Å². The Balaban J connectivity index is 1.58. The summed E-state index contributed by atoms with van der Waals surface area (Å²) in [5, 5.41) is 11.0. The van der Waals surface area contributed by atoms with E-state index in [1.54, 1.807) is 10.9 Å². The van der Waals surface area contributed by atoms with Crippen molar-refractivity contribution in [2.75, 3.05) is 11.5 Å². The van der Waals surface area contributed by atoms with E-state index in [4.69, 9.17) is 4.74 Å². The topological polar surface area (TPSA) is 79.7 Å². The van der Waals surface area contributed by atoms with Gasteiger partial charge >= 0.3 is 12.1 Å². The molecule has 1 heterocycles. The zero-order valence-corrected chi connectivity index (χ0v) is 15.9. The number of thiazole rings is 1. The van der Waals surface area contributed by atoms with E-state index >= 15 is 0 Å². The van der Waals surface area contributed by atoms with Gasteiger partial charge in [0.2, 0.25) is 0 Å². The molecule has 0 bridgehead atoms. The van der Waals surface area contributed by atoms with E-state index in [1.165, 1.54) is 18.3 Å². The van der Waals surface area contributed by atoms with Gasteiger partial charge in [0.15, 0.2) is 0 Å². The largest absolute Gasteiger partial charge is 0.480 e. The molecular formula is C21H18N2O4S. The summed E-state index contributed by atoms with van der Waals surface area (Å²) in [5.41, 5.74) is 6.02. The lowest BCUT2D eigenvalue weighted by molar-refractivity contribution is -0.138. The Kier molecular flexibility index (Phi) is 4.83. The molecule has 1 N–H and O–H groups in total. The van der Waals surface area contributed by atoms with Gasteiger partial charge in [-0.3, -0.25) is 0 Å². The fraction of sp³-hybridized carbons (Fsp3) is 0.190. The van der Waals surface area contributed by atoms with Gasteiger partial charge in [-0.25, -0.2) is 19.5 Å². The minimum Gasteiger partial charge on any atom is -0.480 e. The van der Waals surface area contributed by atoms with E-state index < -0.39 is 18.1 Å². The van der Waals surface area contributed by atoms with Crippen molar-refractivity contribution in [3.63, 3.8) is 0 Å². The predicted molar refractivity (Wildman–Crippen MR) is 107 cm³/mol. The first kappa shape index (κ1) is 18.2. The third-order valence-corrected chi connectivity index (χ3v) is 5.52. The number of carbonyl (C=O) groups is 2. The van der Waals surface area contributed by atoms with Crippen LogP contribution < -0.4 is 4.90 Å². The molecule has 0 saturated heterocycles. The Labute approximate surface area is 166 Å². The highest BCUT2D eigenvalue weighted by atomic mass is 32.1. The second-order valence-corrected chi connectivity index (χ2v) is 7.25. The third kappa shape index (κ3) is 3.14. The molecule has 6 nitrogen and oxygen atoms in total. The van der Waals surface area contributed by atoms with Crippen LogP contribution in [0.4, 0.5) is 10.6 Å². The Morgan fingerprint density at radius 1 is 1.14 bits per heavy atom. The molecule has 0 saturated carbocycles. The first-order valence-corrected chi connectivity index (χ1v) is 9.77. The summed E-state index contributed by atoms with van der Waals surface area (Å²) in [6, 6.07) is 15.0. The molecule has 0 fully saturated rings. The summed E-state index contributed by atoms with van der Waals surface area (Å²) in [5.74, 6) is -0.938. The van der Waals surface area contributed by atoms with Crippen LogP contribution in [0.25, 0.3) is 11.1 Å². The number of hydrogen-bond acceptors (Lipinski definition) is 5. The average Bonchev–Trinajstić information content (AvgIpc) is 3.33. The number of benzene rings is 2. The monoisotopic (exact) mass is 394 g/mol. The van der Waals surface area contributed by atoms with Gasteiger partial charge in [0, 0.05) is 11.3 Å². The SMILES string of the molecule is C[C@@H](C(=O)O)N(C(=O)OCC1c2ccccc2-c2ccccc21)c1cscn1. The lowest BCUT2D eigenvalue weighted by atomic mass is 9.98. The second-order valence-electron chi connectivity index (χ2n) is 6.53. The molecule has 3 aromatic rings. The molecule has 1 aromatic heterocycles. The van der Waals surface area contributed by atoms with Crippen LogP contribution in [0.5, 0.6) is 0 Å². The van der Waals surface area contributed by atoms with Crippen LogP contribution in [0.1, 0.15) is 24.0 Å². The molecule has 7 heteroatoms. The minimum atomic E-state index is -1.12. The number of anilines is 1. The van der Waals surface area contributed by atoms with E-state index in [9.17, 15) is 14.7 Å². The molecule has 142 valence electrons. The molecule has 1 atom stereocenters. The van der Waals surface area contributed by atoms with Crippen LogP contribution in [-0.4, -0.2) is 34.8 Å². The summed E-state index contributed by atoms with van der Waals surface area (Å²) in [6.45, 7) is 1.56. The third-order valence-electron chi connectivity index (χ3n) is 4.94. The van der Waals surface area contributed by atoms with Crippen LogP contribution in [-0.2, 0) is 9.53 Å². The molecule has 0 radical (unpaired) electrons. The van der Waals surface area contributed by atoms with Gasteiger partial charge in [-0.1, -0.05) is 48.5 Å². The normalized spacial score (nSPS) is 13.5. The predicted octanol–water partition coefficient (Wildman–Crippen LogP) is 4.37. The number of ether oxygens (including phenoxy) is 1. The summed E-state index contributed by atoms with van der Waals surface area (Å²) >= 11 is 1.29. The number of aromatic nitrogens is 1. The Hall–Kier alpha value is -3.19. The molecule has 0 unspecified atom stereocenters. The lowest BCUT2D eigenvalue weighted by Crippen LogP contribution is -2.44. The average molecular weight is 394 g/mol. The molecule has 28 heavy (non-hydrogen) atoms. The lowest BCUT2D eigenvalue weighted by Gasteiger charge is -2.24. The molecule has 1 aliphatic carbocycles. The second kappa shape index (κ2) is 7.44. The van der Waals surface area contributed by atoms with Crippen molar-refractivity contribution in [1.82, 2.24) is 4.98 Å². The highest BCUT2D eigenvalue weighted by Gasteiger charge is 2.33. The maximum Gasteiger partial charge on any atom is 0.416 e. The van der Waals surface area contributed by atoms with E-state index in [2.05, 4.69) is 17.1 Å². The number of carboxylic acids is 1. The van der Waals surface area contributed by atoms with E-state index in [0.717, 1.165) is 27.2 Å². The van der Waals surface area contributed by atoms with Gasteiger partial charge in [0.25, 0.3) is 0 Å². The first-order chi connectivity index (χ1) is 13.6. The number of carboxylic acid groups (broad SMARTS) is 1. The molecule has 1 aliphatic rings. The van der Waals surface area contributed by atoms with Crippen LogP contribution in [0.2, 0.25) is 0 Å². The van der Waals surface area contributed by atoms with Crippen LogP contribution in [0, 0.1) is 0 Å². The zero-order chi connectivity index (χ0) is 19.7. The number of amides is 1. The van der Waals surface area contributed by atoms with Gasteiger partial charge < -0.3 is 9.84 Å². The molecule has 1 amide bonds. The van der Waals surface area contributed by atoms with Crippen LogP contribution >= 0.6 is 11.3 Å². The minimum absolute atomic E-state index is 0.0891. The van der Waals surface area contributed by atoms with Crippen molar-refractivity contribution in [2.24, 2.45) is 0 Å². The quantitative estimate of drug-likeness (QED) is 0.695. The summed E-state index contributed by atoms with van der Waals surface area (Å²) in [4.78, 5) is 29.4. The summed E-state index contributed by atoms with van der Waals surface area (Å²) in [6.07, 6.45) is -0.720. The highest BCUT2D eigenvalue weighted by molar-refractivity contribution is 7.07. The van der Waals surface area contributed by atoms with Crippen molar-refractivity contribution in [3.8, 4) is 11.1 Å². The number of rotatable bonds is 5. The van der Waals surface area contributed by atoms with Gasteiger partial charge in [0.1, 0.15) is 18.5 Å². The van der Waals surface area contributed by atoms with E-state index in [1.807, 2.05) is 36.4 Å². The first-order valence-electron chi connectivity index (χ1n) is 8.83. The maximum atomic E-state index is 12.8. The fourth-order valence-corrected chi connectivity index (χ4v) is 4.08. The fourth-order valence-electron chi connectivity index (χ4n) is 3.55. The van der Waals surface area contributed by atoms with E-state index in [-0.39, 0.29) is 18.3 Å². The van der Waals surface area contributed by atoms with Gasteiger partial charge in [-0.05, 0) is 29.2 Å².